The van der Waals surface area contributed by atoms with Gasteiger partial charge in [-0.2, -0.15) is 5.10 Å². The Hall–Kier alpha value is -1.12. The summed E-state index contributed by atoms with van der Waals surface area (Å²) < 4.78 is 0. The fourth-order valence-corrected chi connectivity index (χ4v) is 0.392. The number of nitrogens with zero attached hydrogens (tertiary/aromatic N) is 2. The van der Waals surface area contributed by atoms with Gasteiger partial charge in [0.15, 0.2) is 0 Å². The van der Waals surface area contributed by atoms with Gasteiger partial charge in [0.1, 0.15) is 5.82 Å². The van der Waals surface area contributed by atoms with Crippen LogP contribution in [-0.2, 0) is 0 Å². The number of hydrogen-bond acceptors (Lipinski definition) is 3. The third kappa shape index (κ3) is 0.932. The number of aromatic nitrogens is 2. The van der Waals surface area contributed by atoms with E-state index in [-0.39, 0.29) is 0 Å². The molecule has 41 valence electrons. The molecule has 0 atom stereocenters. The van der Waals surface area contributed by atoms with Gasteiger partial charge < -0.3 is 5.32 Å². The molecule has 0 amide bonds. The average Bonchev–Trinajstić information content (AvgIpc) is 1.90. The first-order chi connectivity index (χ1) is 3.93. The van der Waals surface area contributed by atoms with Gasteiger partial charge in [0.2, 0.25) is 0 Å². The molecular weight excluding hydrogens is 102 g/mol. The van der Waals surface area contributed by atoms with Crippen LogP contribution < -0.4 is 5.32 Å². The van der Waals surface area contributed by atoms with Crippen molar-refractivity contribution in [2.75, 3.05) is 12.4 Å². The van der Waals surface area contributed by atoms with Gasteiger partial charge in [0, 0.05) is 13.1 Å². The van der Waals surface area contributed by atoms with Gasteiger partial charge in [0.25, 0.3) is 0 Å². The molecule has 0 fully saturated rings. The van der Waals surface area contributed by atoms with Gasteiger partial charge in [-0.05, 0) is 6.07 Å². The van der Waals surface area contributed by atoms with Crippen molar-refractivity contribution in [2.24, 2.45) is 0 Å². The van der Waals surface area contributed by atoms with Crippen molar-refractivity contribution in [3.63, 3.8) is 0 Å². The van der Waals surface area contributed by atoms with Gasteiger partial charge in [-0.3, -0.25) is 0 Å². The van der Waals surface area contributed by atoms with Crippen molar-refractivity contribution >= 4 is 5.82 Å². The first-order valence-corrected chi connectivity index (χ1v) is 2.30. The Morgan fingerprint density at radius 3 is 3.00 bits per heavy atom. The lowest BCUT2D eigenvalue weighted by molar-refractivity contribution is 1.03. The zero-order chi connectivity index (χ0) is 5.82. The van der Waals surface area contributed by atoms with Crippen molar-refractivity contribution in [1.82, 2.24) is 10.2 Å². The van der Waals surface area contributed by atoms with Crippen LogP contribution in [0, 0.1) is 6.07 Å². The second-order valence-electron chi connectivity index (χ2n) is 1.29. The van der Waals surface area contributed by atoms with E-state index in [1.807, 2.05) is 0 Å². The van der Waals surface area contributed by atoms with Crippen LogP contribution in [0.15, 0.2) is 12.3 Å². The molecule has 0 aliphatic carbocycles. The average molecular weight is 108 g/mol. The van der Waals surface area contributed by atoms with E-state index in [0.717, 1.165) is 5.82 Å². The van der Waals surface area contributed by atoms with E-state index in [2.05, 4.69) is 21.6 Å². The van der Waals surface area contributed by atoms with Crippen LogP contribution in [0.4, 0.5) is 5.82 Å². The third-order valence-corrected chi connectivity index (χ3v) is 0.774. The number of hydrogen-bond donors (Lipinski definition) is 1. The molecule has 0 unspecified atom stereocenters. The van der Waals surface area contributed by atoms with Crippen molar-refractivity contribution in [3.05, 3.63) is 18.3 Å². The van der Waals surface area contributed by atoms with E-state index < -0.39 is 0 Å². The van der Waals surface area contributed by atoms with E-state index in [4.69, 9.17) is 0 Å². The van der Waals surface area contributed by atoms with Crippen LogP contribution >= 0.6 is 0 Å². The van der Waals surface area contributed by atoms with Crippen LogP contribution in [0.3, 0.4) is 0 Å². The topological polar surface area (TPSA) is 37.8 Å². The fraction of sp³-hybridized carbons (Fsp3) is 0.200. The highest BCUT2D eigenvalue weighted by Crippen LogP contribution is 1.92. The Balaban J connectivity index is 2.83. The first-order valence-electron chi connectivity index (χ1n) is 2.30. The van der Waals surface area contributed by atoms with Crippen molar-refractivity contribution in [1.29, 1.82) is 0 Å². The summed E-state index contributed by atoms with van der Waals surface area (Å²) in [4.78, 5) is 0. The highest BCUT2D eigenvalue weighted by Gasteiger charge is 1.81. The molecule has 0 aliphatic rings. The Morgan fingerprint density at radius 1 is 1.75 bits per heavy atom. The number of nitrogens with one attached hydrogen (secondary N) is 1. The minimum absolute atomic E-state index is 0.743. The van der Waals surface area contributed by atoms with Gasteiger partial charge in [-0.1, -0.05) is 0 Å². The highest BCUT2D eigenvalue weighted by atomic mass is 15.2. The predicted molar refractivity (Wildman–Crippen MR) is 30.4 cm³/mol. The maximum atomic E-state index is 3.70. The van der Waals surface area contributed by atoms with Gasteiger partial charge in [-0.25, -0.2) is 0 Å². The summed E-state index contributed by atoms with van der Waals surface area (Å²) in [5.74, 6) is 0.743. The standard InChI is InChI=1S/C5H6N3/c1-6-5-3-2-4-7-8-5/h3-4H,1H3,(H,6,8). The largest absolute Gasteiger partial charge is 0.372 e. The molecule has 1 rings (SSSR count). The zero-order valence-corrected chi connectivity index (χ0v) is 4.55. The van der Waals surface area contributed by atoms with E-state index >= 15 is 0 Å². The van der Waals surface area contributed by atoms with Crippen molar-refractivity contribution < 1.29 is 0 Å². The Bertz CT molecular complexity index is 149. The number of anilines is 1. The van der Waals surface area contributed by atoms with Crippen LogP contribution in [-0.4, -0.2) is 17.2 Å². The quantitative estimate of drug-likeness (QED) is 0.563. The summed E-state index contributed by atoms with van der Waals surface area (Å²) in [5, 5.41) is 10.1. The molecular formula is C5H6N3. The maximum Gasteiger partial charge on any atom is 0.149 e. The van der Waals surface area contributed by atoms with E-state index in [1.54, 1.807) is 13.1 Å². The SMILES string of the molecule is CNc1c[c]cnn1. The Labute approximate surface area is 47.8 Å². The van der Waals surface area contributed by atoms with Gasteiger partial charge in [0.05, 0.1) is 6.20 Å². The van der Waals surface area contributed by atoms with Crippen molar-refractivity contribution in [3.8, 4) is 0 Å². The molecule has 1 aromatic rings. The Kier molecular flexibility index (Phi) is 1.42. The van der Waals surface area contributed by atoms with Crippen LogP contribution in [0.25, 0.3) is 0 Å². The third-order valence-electron chi connectivity index (χ3n) is 0.774. The van der Waals surface area contributed by atoms with E-state index in [9.17, 15) is 0 Å². The molecule has 0 saturated heterocycles. The van der Waals surface area contributed by atoms with Gasteiger partial charge >= 0.3 is 0 Å². The predicted octanol–water partition coefficient (Wildman–Crippen LogP) is 0.318. The molecule has 0 saturated carbocycles. The minimum Gasteiger partial charge on any atom is -0.372 e. The monoisotopic (exact) mass is 108 g/mol. The smallest absolute Gasteiger partial charge is 0.149 e. The summed E-state index contributed by atoms with van der Waals surface area (Å²) >= 11 is 0. The molecule has 0 spiro atoms. The lowest BCUT2D eigenvalue weighted by atomic mass is 10.5. The van der Waals surface area contributed by atoms with Crippen LogP contribution in [0.2, 0.25) is 0 Å². The number of rotatable bonds is 1. The molecule has 0 aliphatic heterocycles. The fourth-order valence-electron chi connectivity index (χ4n) is 0.392. The summed E-state index contributed by atoms with van der Waals surface area (Å²) in [5.41, 5.74) is 0. The summed E-state index contributed by atoms with van der Waals surface area (Å²) in [6, 6.07) is 4.50. The molecule has 1 aromatic heterocycles. The van der Waals surface area contributed by atoms with Crippen LogP contribution in [0.1, 0.15) is 0 Å². The molecule has 1 heterocycles. The molecule has 0 bridgehead atoms. The summed E-state index contributed by atoms with van der Waals surface area (Å²) in [6.07, 6.45) is 1.51. The highest BCUT2D eigenvalue weighted by molar-refractivity contribution is 5.29. The summed E-state index contributed by atoms with van der Waals surface area (Å²) in [7, 11) is 1.79. The molecule has 0 aromatic carbocycles. The molecule has 1 N–H and O–H groups in total. The van der Waals surface area contributed by atoms with Crippen molar-refractivity contribution in [2.45, 2.75) is 0 Å². The summed E-state index contributed by atoms with van der Waals surface area (Å²) in [6.45, 7) is 0. The second-order valence-corrected chi connectivity index (χ2v) is 1.29. The first kappa shape index (κ1) is 5.03. The Morgan fingerprint density at radius 2 is 2.62 bits per heavy atom. The lowest BCUT2D eigenvalue weighted by Gasteiger charge is -1.91. The molecule has 1 radical (unpaired) electrons. The maximum absolute atomic E-state index is 3.70. The van der Waals surface area contributed by atoms with Crippen LogP contribution in [0.5, 0.6) is 0 Å². The van der Waals surface area contributed by atoms with E-state index in [1.165, 1.54) is 6.20 Å². The molecule has 3 nitrogen and oxygen atoms in total. The second kappa shape index (κ2) is 2.26. The normalized spacial score (nSPS) is 8.62. The lowest BCUT2D eigenvalue weighted by Crippen LogP contribution is -1.91. The zero-order valence-electron chi connectivity index (χ0n) is 4.55. The van der Waals surface area contributed by atoms with Gasteiger partial charge in [-0.15, -0.1) is 5.10 Å². The minimum atomic E-state index is 0.743. The van der Waals surface area contributed by atoms with E-state index in [0.29, 0.717) is 0 Å². The molecule has 3 heteroatoms. The molecule has 8 heavy (non-hydrogen) atoms.